The minimum Gasteiger partial charge on any atom is -0.344 e. The lowest BCUT2D eigenvalue weighted by atomic mass is 9.90. The Hall–Kier alpha value is -3.05. The zero-order valence-electron chi connectivity index (χ0n) is 20.8. The number of ketones is 1. The number of aryl methyl sites for hydroxylation is 1. The molecule has 1 aromatic carbocycles. The molecule has 0 bridgehead atoms. The first-order valence-electron chi connectivity index (χ1n) is 11.2. The van der Waals surface area contributed by atoms with E-state index in [9.17, 15) is 27.2 Å². The van der Waals surface area contributed by atoms with Gasteiger partial charge in [-0.15, -0.1) is 0 Å². The number of Topliss-reactive ketones (excluding diaryl/α,β-unsaturated/α-hetero) is 1. The summed E-state index contributed by atoms with van der Waals surface area (Å²) < 4.78 is 39.9. The second kappa shape index (κ2) is 9.54. The standard InChI is InChI=1S/C24H31FN4O5S/c1-14-13-17(7-8-18(14)25)26-22(31)19-15(2)20(28(5)16(19)3)21(30)23(32)27-24(4)9-11-29(12-10-24)35(6,33)34/h7-8,13H,9-12H2,1-6H3,(H,26,31)(H,27,32). The van der Waals surface area contributed by atoms with Crippen molar-refractivity contribution >= 4 is 33.3 Å². The van der Waals surface area contributed by atoms with Crippen molar-refractivity contribution in [2.24, 2.45) is 7.05 Å². The van der Waals surface area contributed by atoms with Crippen LogP contribution < -0.4 is 10.6 Å². The molecule has 0 radical (unpaired) electrons. The highest BCUT2D eigenvalue weighted by Gasteiger charge is 2.37. The van der Waals surface area contributed by atoms with Crippen LogP contribution in [0.5, 0.6) is 0 Å². The largest absolute Gasteiger partial charge is 0.344 e. The molecule has 0 aliphatic carbocycles. The fraction of sp³-hybridized carbons (Fsp3) is 0.458. The zero-order chi connectivity index (χ0) is 26.3. The van der Waals surface area contributed by atoms with E-state index in [0.717, 1.165) is 6.26 Å². The number of halogens is 1. The van der Waals surface area contributed by atoms with Gasteiger partial charge in [0, 0.05) is 37.1 Å². The number of carbonyl (C=O) groups excluding carboxylic acids is 3. The number of sulfonamides is 1. The Balaban J connectivity index is 1.79. The quantitative estimate of drug-likeness (QED) is 0.461. The molecule has 1 saturated heterocycles. The number of anilines is 1. The van der Waals surface area contributed by atoms with E-state index in [1.54, 1.807) is 34.7 Å². The molecule has 2 heterocycles. The number of nitrogens with zero attached hydrogens (tertiary/aromatic N) is 2. The lowest BCUT2D eigenvalue weighted by Gasteiger charge is -2.38. The van der Waals surface area contributed by atoms with Crippen molar-refractivity contribution in [3.63, 3.8) is 0 Å². The number of carbonyl (C=O) groups is 3. The van der Waals surface area contributed by atoms with Crippen LogP contribution in [0.1, 0.15) is 57.4 Å². The van der Waals surface area contributed by atoms with E-state index >= 15 is 0 Å². The van der Waals surface area contributed by atoms with E-state index in [4.69, 9.17) is 0 Å². The molecule has 35 heavy (non-hydrogen) atoms. The summed E-state index contributed by atoms with van der Waals surface area (Å²) in [5.41, 5.74) is 1.28. The number of piperidine rings is 1. The summed E-state index contributed by atoms with van der Waals surface area (Å²) >= 11 is 0. The van der Waals surface area contributed by atoms with E-state index in [1.807, 2.05) is 0 Å². The number of rotatable bonds is 6. The van der Waals surface area contributed by atoms with E-state index in [-0.39, 0.29) is 30.2 Å². The Bertz CT molecular complexity index is 1310. The summed E-state index contributed by atoms with van der Waals surface area (Å²) in [6.45, 7) is 7.15. The Labute approximate surface area is 204 Å². The maximum absolute atomic E-state index is 13.6. The van der Waals surface area contributed by atoms with Crippen molar-refractivity contribution in [2.75, 3.05) is 24.7 Å². The maximum Gasteiger partial charge on any atom is 0.294 e. The molecule has 1 fully saturated rings. The van der Waals surface area contributed by atoms with Crippen LogP contribution in [-0.4, -0.2) is 59.8 Å². The van der Waals surface area contributed by atoms with Gasteiger partial charge in [0.05, 0.1) is 17.5 Å². The van der Waals surface area contributed by atoms with Gasteiger partial charge < -0.3 is 15.2 Å². The molecule has 1 aliphatic rings. The number of nitrogens with one attached hydrogen (secondary N) is 2. The second-order valence-corrected chi connectivity index (χ2v) is 11.4. The van der Waals surface area contributed by atoms with Crippen LogP contribution in [0, 0.1) is 26.6 Å². The topological polar surface area (TPSA) is 118 Å². The highest BCUT2D eigenvalue weighted by atomic mass is 32.2. The normalized spacial score (nSPS) is 16.1. The van der Waals surface area contributed by atoms with Crippen molar-refractivity contribution in [2.45, 2.75) is 46.1 Å². The second-order valence-electron chi connectivity index (χ2n) is 9.42. The number of hydrogen-bond donors (Lipinski definition) is 2. The molecule has 0 saturated carbocycles. The first-order valence-corrected chi connectivity index (χ1v) is 13.0. The zero-order valence-corrected chi connectivity index (χ0v) is 21.6. The van der Waals surface area contributed by atoms with Gasteiger partial charge in [0.1, 0.15) is 5.82 Å². The van der Waals surface area contributed by atoms with Gasteiger partial charge in [-0.1, -0.05) is 0 Å². The number of benzene rings is 1. The van der Waals surface area contributed by atoms with Crippen molar-refractivity contribution in [3.8, 4) is 0 Å². The molecule has 1 aliphatic heterocycles. The highest BCUT2D eigenvalue weighted by Crippen LogP contribution is 2.26. The van der Waals surface area contributed by atoms with Crippen molar-refractivity contribution in [3.05, 3.63) is 52.1 Å². The van der Waals surface area contributed by atoms with Gasteiger partial charge in [0.2, 0.25) is 10.0 Å². The average molecular weight is 507 g/mol. The third kappa shape index (κ3) is 5.46. The predicted octanol–water partition coefficient (Wildman–Crippen LogP) is 2.45. The van der Waals surface area contributed by atoms with Crippen LogP contribution in [0.2, 0.25) is 0 Å². The minimum atomic E-state index is -3.32. The first-order chi connectivity index (χ1) is 16.1. The summed E-state index contributed by atoms with van der Waals surface area (Å²) in [5, 5.41) is 5.49. The van der Waals surface area contributed by atoms with Gasteiger partial charge in [0.15, 0.2) is 0 Å². The number of hydrogen-bond acceptors (Lipinski definition) is 5. The van der Waals surface area contributed by atoms with Crippen LogP contribution in [0.3, 0.4) is 0 Å². The van der Waals surface area contributed by atoms with Crippen LogP contribution in [0.4, 0.5) is 10.1 Å². The summed E-state index contributed by atoms with van der Waals surface area (Å²) in [6, 6.07) is 4.22. The van der Waals surface area contributed by atoms with Gasteiger partial charge in [-0.3, -0.25) is 14.4 Å². The SMILES string of the molecule is Cc1cc(NC(=O)c2c(C)c(C(=O)C(=O)NC3(C)CCN(S(C)(=O)=O)CC3)n(C)c2C)ccc1F. The van der Waals surface area contributed by atoms with E-state index in [1.165, 1.54) is 27.1 Å². The van der Waals surface area contributed by atoms with Crippen LogP contribution in [-0.2, 0) is 21.9 Å². The van der Waals surface area contributed by atoms with E-state index in [2.05, 4.69) is 10.6 Å². The first kappa shape index (κ1) is 26.6. The Morgan fingerprint density at radius 3 is 2.23 bits per heavy atom. The fourth-order valence-corrected chi connectivity index (χ4v) is 5.27. The van der Waals surface area contributed by atoms with Gasteiger partial charge >= 0.3 is 0 Å². The molecular formula is C24H31FN4O5S. The Morgan fingerprint density at radius 2 is 1.69 bits per heavy atom. The fourth-order valence-electron chi connectivity index (χ4n) is 4.42. The molecule has 2 aromatic rings. The van der Waals surface area contributed by atoms with Crippen molar-refractivity contribution in [1.82, 2.24) is 14.2 Å². The van der Waals surface area contributed by atoms with E-state index < -0.39 is 33.2 Å². The average Bonchev–Trinajstić information content (AvgIpc) is 2.97. The molecule has 3 rings (SSSR count). The summed E-state index contributed by atoms with van der Waals surface area (Å²) in [7, 11) is -1.71. The monoisotopic (exact) mass is 506 g/mol. The van der Waals surface area contributed by atoms with Crippen LogP contribution in [0.15, 0.2) is 18.2 Å². The van der Waals surface area contributed by atoms with Gasteiger partial charge in [-0.2, -0.15) is 0 Å². The van der Waals surface area contributed by atoms with Gasteiger partial charge in [0.25, 0.3) is 17.6 Å². The van der Waals surface area contributed by atoms with E-state index in [0.29, 0.717) is 35.3 Å². The van der Waals surface area contributed by atoms with Gasteiger partial charge in [-0.25, -0.2) is 17.1 Å². The summed E-state index contributed by atoms with van der Waals surface area (Å²) in [6.07, 6.45) is 1.88. The molecule has 2 N–H and O–H groups in total. The smallest absolute Gasteiger partial charge is 0.294 e. The molecular weight excluding hydrogens is 475 g/mol. The highest BCUT2D eigenvalue weighted by molar-refractivity contribution is 7.88. The predicted molar refractivity (Wildman–Crippen MR) is 131 cm³/mol. The Morgan fingerprint density at radius 1 is 1.09 bits per heavy atom. The molecule has 2 amide bonds. The molecule has 0 atom stereocenters. The molecule has 9 nitrogen and oxygen atoms in total. The third-order valence-corrected chi connectivity index (χ3v) is 8.01. The third-order valence-electron chi connectivity index (χ3n) is 6.71. The summed E-state index contributed by atoms with van der Waals surface area (Å²) in [5.74, 6) is -2.45. The van der Waals surface area contributed by atoms with Gasteiger partial charge in [-0.05, 0) is 69.9 Å². The summed E-state index contributed by atoms with van der Waals surface area (Å²) in [4.78, 5) is 39.1. The number of aromatic nitrogens is 1. The molecule has 0 spiro atoms. The maximum atomic E-state index is 13.6. The molecule has 11 heteroatoms. The van der Waals surface area contributed by atoms with Crippen molar-refractivity contribution in [1.29, 1.82) is 0 Å². The lowest BCUT2D eigenvalue weighted by Crippen LogP contribution is -2.55. The molecule has 190 valence electrons. The van der Waals surface area contributed by atoms with Crippen LogP contribution in [0.25, 0.3) is 0 Å². The number of amides is 2. The lowest BCUT2D eigenvalue weighted by molar-refractivity contribution is -0.119. The Kier molecular flexibility index (Phi) is 7.24. The van der Waals surface area contributed by atoms with Crippen LogP contribution >= 0.6 is 0 Å². The van der Waals surface area contributed by atoms with Crippen molar-refractivity contribution < 1.29 is 27.2 Å². The molecule has 0 unspecified atom stereocenters. The molecule has 1 aromatic heterocycles. The minimum absolute atomic E-state index is 0.0950.